The largest absolute Gasteiger partial charge is 0.327 e. The first kappa shape index (κ1) is 22.2. The highest BCUT2D eigenvalue weighted by Gasteiger charge is 2.22. The first-order valence-electron chi connectivity index (χ1n) is 7.16. The van der Waals surface area contributed by atoms with Gasteiger partial charge >= 0.3 is 7.60 Å². The standard InChI is InChI=1S/C14H27O5PS2/c1-11(2)12(15)21-9-7-18-20(6,17)19-8-10-22-13(16)14(3,4)5/h11H,7-10H2,1-6H3. The Kier molecular flexibility index (Phi) is 10.2. The SMILES string of the molecule is CC(C)C(=O)SCCOP(C)(=O)OCCSC(=O)C(C)(C)C. The van der Waals surface area contributed by atoms with Crippen LogP contribution in [-0.2, 0) is 23.2 Å². The molecule has 0 saturated heterocycles. The Labute approximate surface area is 142 Å². The van der Waals surface area contributed by atoms with Crippen LogP contribution in [0.15, 0.2) is 0 Å². The van der Waals surface area contributed by atoms with Gasteiger partial charge in [0.1, 0.15) is 0 Å². The van der Waals surface area contributed by atoms with Crippen molar-refractivity contribution in [1.29, 1.82) is 0 Å². The van der Waals surface area contributed by atoms with Gasteiger partial charge in [0.05, 0.1) is 13.2 Å². The summed E-state index contributed by atoms with van der Waals surface area (Å²) in [5.74, 6) is 0.875. The second-order valence-corrected chi connectivity index (χ2v) is 10.4. The van der Waals surface area contributed by atoms with Crippen LogP contribution >= 0.6 is 31.1 Å². The van der Waals surface area contributed by atoms with Crippen LogP contribution in [-0.4, -0.2) is 41.6 Å². The molecule has 0 saturated carbocycles. The van der Waals surface area contributed by atoms with E-state index in [1.165, 1.54) is 30.2 Å². The molecule has 0 aliphatic carbocycles. The third-order valence-electron chi connectivity index (χ3n) is 2.38. The molecule has 1 atom stereocenters. The van der Waals surface area contributed by atoms with Crippen LogP contribution in [0.3, 0.4) is 0 Å². The van der Waals surface area contributed by atoms with Gasteiger partial charge in [-0.15, -0.1) is 0 Å². The molecule has 0 aromatic carbocycles. The molecule has 0 aromatic heterocycles. The molecule has 0 heterocycles. The van der Waals surface area contributed by atoms with Gasteiger partial charge in [-0.2, -0.15) is 0 Å². The summed E-state index contributed by atoms with van der Waals surface area (Å²) >= 11 is 2.34. The van der Waals surface area contributed by atoms with E-state index in [9.17, 15) is 14.2 Å². The van der Waals surface area contributed by atoms with Gasteiger partial charge in [-0.25, -0.2) is 0 Å². The van der Waals surface area contributed by atoms with Gasteiger partial charge in [0, 0.05) is 29.5 Å². The summed E-state index contributed by atoms with van der Waals surface area (Å²) in [6.45, 7) is 11.0. The normalized spacial score (nSPS) is 14.9. The lowest BCUT2D eigenvalue weighted by atomic mass is 10.00. The zero-order valence-corrected chi connectivity index (χ0v) is 16.7. The molecule has 5 nitrogen and oxygen atoms in total. The van der Waals surface area contributed by atoms with Crippen LogP contribution in [0, 0.1) is 11.3 Å². The summed E-state index contributed by atoms with van der Waals surface area (Å²) < 4.78 is 22.4. The molecule has 0 amide bonds. The van der Waals surface area contributed by atoms with E-state index >= 15 is 0 Å². The maximum Gasteiger partial charge on any atom is 0.327 e. The molecule has 1 unspecified atom stereocenters. The maximum atomic E-state index is 12.0. The van der Waals surface area contributed by atoms with Crippen LogP contribution in [0.2, 0.25) is 0 Å². The Morgan fingerprint density at radius 1 is 1.05 bits per heavy atom. The lowest BCUT2D eigenvalue weighted by molar-refractivity contribution is -0.117. The fourth-order valence-corrected chi connectivity index (χ4v) is 3.76. The first-order valence-corrected chi connectivity index (χ1v) is 11.1. The van der Waals surface area contributed by atoms with Crippen LogP contribution in [0.5, 0.6) is 0 Å². The Morgan fingerprint density at radius 2 is 1.50 bits per heavy atom. The molecule has 22 heavy (non-hydrogen) atoms. The Morgan fingerprint density at radius 3 is 1.91 bits per heavy atom. The summed E-state index contributed by atoms with van der Waals surface area (Å²) in [6.07, 6.45) is 0. The van der Waals surface area contributed by atoms with Crippen molar-refractivity contribution in [2.45, 2.75) is 34.6 Å². The van der Waals surface area contributed by atoms with Crippen LogP contribution in [0.25, 0.3) is 0 Å². The molecule has 130 valence electrons. The molecule has 8 heteroatoms. The molecule has 0 radical (unpaired) electrons. The van der Waals surface area contributed by atoms with Crippen molar-refractivity contribution in [3.05, 3.63) is 0 Å². The molecular formula is C14H27O5PS2. The number of carbonyl (C=O) groups excluding carboxylic acids is 2. The molecule has 0 aliphatic rings. The zero-order valence-electron chi connectivity index (χ0n) is 14.2. The van der Waals surface area contributed by atoms with Crippen LogP contribution < -0.4 is 0 Å². The minimum Gasteiger partial charge on any atom is -0.308 e. The fraction of sp³-hybridized carbons (Fsp3) is 0.857. The fourth-order valence-electron chi connectivity index (χ4n) is 1.10. The van der Waals surface area contributed by atoms with Crippen molar-refractivity contribution in [3.8, 4) is 0 Å². The van der Waals surface area contributed by atoms with Gasteiger partial charge in [0.25, 0.3) is 0 Å². The number of hydrogen-bond donors (Lipinski definition) is 0. The maximum absolute atomic E-state index is 12.0. The Hall–Kier alpha value is 0.190. The van der Waals surface area contributed by atoms with Crippen molar-refractivity contribution >= 4 is 41.4 Å². The van der Waals surface area contributed by atoms with E-state index in [-0.39, 0.29) is 29.4 Å². The number of hydrogen-bond acceptors (Lipinski definition) is 7. The quantitative estimate of drug-likeness (QED) is 0.448. The van der Waals surface area contributed by atoms with E-state index in [0.717, 1.165) is 0 Å². The molecule has 0 aliphatic heterocycles. The summed E-state index contributed by atoms with van der Waals surface area (Å²) in [4.78, 5) is 23.1. The van der Waals surface area contributed by atoms with Crippen molar-refractivity contribution in [1.82, 2.24) is 0 Å². The Bertz CT molecular complexity index is 418. The smallest absolute Gasteiger partial charge is 0.308 e. The molecule has 0 aromatic rings. The first-order chi connectivity index (χ1) is 9.96. The second-order valence-electron chi connectivity index (χ2n) is 6.15. The van der Waals surface area contributed by atoms with E-state index in [1.807, 2.05) is 34.6 Å². The highest BCUT2D eigenvalue weighted by Crippen LogP contribution is 2.43. The number of rotatable bonds is 9. The summed E-state index contributed by atoms with van der Waals surface area (Å²) in [5, 5.41) is 0.166. The molecule has 0 spiro atoms. The van der Waals surface area contributed by atoms with Crippen molar-refractivity contribution in [2.24, 2.45) is 11.3 Å². The van der Waals surface area contributed by atoms with Crippen LogP contribution in [0.1, 0.15) is 34.6 Å². The topological polar surface area (TPSA) is 69.7 Å². The van der Waals surface area contributed by atoms with E-state index in [0.29, 0.717) is 11.5 Å². The van der Waals surface area contributed by atoms with Gasteiger partial charge in [-0.05, 0) is 0 Å². The van der Waals surface area contributed by atoms with Gasteiger partial charge in [-0.1, -0.05) is 58.1 Å². The van der Waals surface area contributed by atoms with E-state index in [4.69, 9.17) is 9.05 Å². The minimum atomic E-state index is -3.13. The molecule has 0 N–H and O–H groups in total. The predicted octanol–water partition coefficient (Wildman–Crippen LogP) is 4.06. The monoisotopic (exact) mass is 370 g/mol. The van der Waals surface area contributed by atoms with E-state index in [1.54, 1.807) is 0 Å². The van der Waals surface area contributed by atoms with E-state index in [2.05, 4.69) is 0 Å². The molecule has 0 rings (SSSR count). The van der Waals surface area contributed by atoms with Gasteiger partial charge in [0.2, 0.25) is 0 Å². The number of thioether (sulfide) groups is 2. The summed E-state index contributed by atoms with van der Waals surface area (Å²) in [7, 11) is -3.13. The van der Waals surface area contributed by atoms with Gasteiger partial charge in [0.15, 0.2) is 10.2 Å². The van der Waals surface area contributed by atoms with E-state index < -0.39 is 13.0 Å². The average molecular weight is 370 g/mol. The Balaban J connectivity index is 3.85. The predicted molar refractivity (Wildman–Crippen MR) is 94.7 cm³/mol. The van der Waals surface area contributed by atoms with Gasteiger partial charge < -0.3 is 9.05 Å². The average Bonchev–Trinajstić information content (AvgIpc) is 2.38. The lowest BCUT2D eigenvalue weighted by Crippen LogP contribution is -2.17. The summed E-state index contributed by atoms with van der Waals surface area (Å²) in [6, 6.07) is 0. The third kappa shape index (κ3) is 10.8. The minimum absolute atomic E-state index is 0.0212. The molecular weight excluding hydrogens is 343 g/mol. The van der Waals surface area contributed by atoms with Crippen molar-refractivity contribution in [2.75, 3.05) is 31.4 Å². The highest BCUT2D eigenvalue weighted by atomic mass is 32.2. The van der Waals surface area contributed by atoms with Crippen molar-refractivity contribution in [3.63, 3.8) is 0 Å². The lowest BCUT2D eigenvalue weighted by Gasteiger charge is -2.17. The molecule has 0 bridgehead atoms. The van der Waals surface area contributed by atoms with Gasteiger partial charge in [-0.3, -0.25) is 14.2 Å². The molecule has 0 fully saturated rings. The van der Waals surface area contributed by atoms with Crippen LogP contribution in [0.4, 0.5) is 0 Å². The second kappa shape index (κ2) is 10.1. The zero-order chi connectivity index (χ0) is 17.4. The van der Waals surface area contributed by atoms with Crippen molar-refractivity contribution < 1.29 is 23.2 Å². The summed E-state index contributed by atoms with van der Waals surface area (Å²) in [5.41, 5.74) is -0.392. The highest BCUT2D eigenvalue weighted by molar-refractivity contribution is 8.14. The number of carbonyl (C=O) groups is 2. The third-order valence-corrected chi connectivity index (χ3v) is 6.05.